The highest BCUT2D eigenvalue weighted by molar-refractivity contribution is 7.80. The molecular formula is C25H21Cl2N5O5S. The van der Waals surface area contributed by atoms with Gasteiger partial charge in [0.2, 0.25) is 0 Å². The van der Waals surface area contributed by atoms with Crippen molar-refractivity contribution in [1.29, 1.82) is 0 Å². The van der Waals surface area contributed by atoms with Crippen LogP contribution in [0.3, 0.4) is 0 Å². The summed E-state index contributed by atoms with van der Waals surface area (Å²) in [5.41, 5.74) is 1.53. The van der Waals surface area contributed by atoms with Crippen molar-refractivity contribution in [2.75, 3.05) is 41.8 Å². The van der Waals surface area contributed by atoms with Crippen LogP contribution in [0.25, 0.3) is 0 Å². The van der Waals surface area contributed by atoms with E-state index in [1.807, 2.05) is 4.90 Å². The minimum atomic E-state index is -0.610. The predicted molar refractivity (Wildman–Crippen MR) is 151 cm³/mol. The number of carbonyl (C=O) groups excluding carboxylic acids is 2. The van der Waals surface area contributed by atoms with Gasteiger partial charge in [-0.25, -0.2) is 0 Å². The largest absolute Gasteiger partial charge is 0.378 e. The molecule has 0 unspecified atom stereocenters. The van der Waals surface area contributed by atoms with Gasteiger partial charge in [0, 0.05) is 41.1 Å². The minimum Gasteiger partial charge on any atom is -0.378 e. The van der Waals surface area contributed by atoms with Crippen molar-refractivity contribution in [1.82, 2.24) is 5.32 Å². The lowest BCUT2D eigenvalue weighted by atomic mass is 10.1. The third-order valence-electron chi connectivity index (χ3n) is 5.57. The number of anilines is 3. The number of morpholine rings is 1. The Hall–Kier alpha value is -3.77. The average molecular weight is 574 g/mol. The molecule has 3 N–H and O–H groups in total. The molecule has 0 atom stereocenters. The summed E-state index contributed by atoms with van der Waals surface area (Å²) in [4.78, 5) is 38.3. The zero-order valence-corrected chi connectivity index (χ0v) is 22.0. The predicted octanol–water partition coefficient (Wildman–Crippen LogP) is 5.12. The molecule has 3 aromatic carbocycles. The van der Waals surface area contributed by atoms with E-state index < -0.39 is 16.7 Å². The summed E-state index contributed by atoms with van der Waals surface area (Å²) in [5, 5.41) is 20.4. The number of carbonyl (C=O) groups is 2. The highest BCUT2D eigenvalue weighted by Crippen LogP contribution is 2.30. The van der Waals surface area contributed by atoms with Crippen LogP contribution in [0.2, 0.25) is 10.0 Å². The number of amides is 2. The van der Waals surface area contributed by atoms with E-state index in [1.54, 1.807) is 36.4 Å². The van der Waals surface area contributed by atoms with Crippen molar-refractivity contribution in [3.05, 3.63) is 92.0 Å². The molecule has 0 aromatic heterocycles. The van der Waals surface area contributed by atoms with E-state index in [2.05, 4.69) is 16.0 Å². The summed E-state index contributed by atoms with van der Waals surface area (Å²) in [5.74, 6) is -1.04. The third-order valence-corrected chi connectivity index (χ3v) is 6.32. The third kappa shape index (κ3) is 6.75. The summed E-state index contributed by atoms with van der Waals surface area (Å²) < 4.78 is 5.30. The van der Waals surface area contributed by atoms with E-state index in [9.17, 15) is 19.7 Å². The van der Waals surface area contributed by atoms with Crippen LogP contribution in [0.1, 0.15) is 20.7 Å². The standard InChI is InChI=1S/C25H21Cl2N5O5S/c26-16-5-6-19(20(27)13-16)24(34)28-17-2-1-3-18(14-17)29-25(38)30-23(33)15-4-7-21(22(12-15)32(35)36)31-8-10-37-11-9-31/h1-7,12-14H,8-11H2,(H,28,34)(H2,29,30,33,38). The van der Waals surface area contributed by atoms with Gasteiger partial charge in [-0.1, -0.05) is 29.3 Å². The van der Waals surface area contributed by atoms with Crippen LogP contribution < -0.4 is 20.9 Å². The van der Waals surface area contributed by atoms with Crippen LogP contribution in [-0.4, -0.2) is 48.2 Å². The van der Waals surface area contributed by atoms with Crippen molar-refractivity contribution >= 4 is 75.1 Å². The lowest BCUT2D eigenvalue weighted by Gasteiger charge is -2.28. The van der Waals surface area contributed by atoms with Crippen molar-refractivity contribution in [2.45, 2.75) is 0 Å². The molecule has 1 heterocycles. The second-order valence-electron chi connectivity index (χ2n) is 8.13. The highest BCUT2D eigenvalue weighted by Gasteiger charge is 2.23. The van der Waals surface area contributed by atoms with Crippen LogP contribution in [0.4, 0.5) is 22.7 Å². The number of nitro groups is 1. The van der Waals surface area contributed by atoms with Crippen molar-refractivity contribution in [3.8, 4) is 0 Å². The Bertz CT molecular complexity index is 1410. The fourth-order valence-corrected chi connectivity index (χ4v) is 4.47. The first kappa shape index (κ1) is 27.3. The van der Waals surface area contributed by atoms with E-state index in [4.69, 9.17) is 40.2 Å². The normalized spacial score (nSPS) is 12.9. The van der Waals surface area contributed by atoms with Crippen LogP contribution in [-0.2, 0) is 4.74 Å². The first-order chi connectivity index (χ1) is 18.2. The number of hydrogen-bond acceptors (Lipinski definition) is 7. The summed E-state index contributed by atoms with van der Waals surface area (Å²) in [7, 11) is 0. The highest BCUT2D eigenvalue weighted by atomic mass is 35.5. The Labute approximate surface area is 233 Å². The molecule has 2 amide bonds. The smallest absolute Gasteiger partial charge is 0.293 e. The summed E-state index contributed by atoms with van der Waals surface area (Å²) >= 11 is 17.2. The van der Waals surface area contributed by atoms with Crippen LogP contribution in [0, 0.1) is 10.1 Å². The number of benzene rings is 3. The summed E-state index contributed by atoms with van der Waals surface area (Å²) in [6.45, 7) is 1.98. The second kappa shape index (κ2) is 12.2. The maximum absolute atomic E-state index is 12.8. The Balaban J connectivity index is 1.40. The number of nitrogens with zero attached hydrogens (tertiary/aromatic N) is 2. The fourth-order valence-electron chi connectivity index (χ4n) is 3.77. The molecule has 0 bridgehead atoms. The molecule has 1 saturated heterocycles. The SMILES string of the molecule is O=C(NC(=S)Nc1cccc(NC(=O)c2ccc(Cl)cc2Cl)c1)c1ccc(N2CCOCC2)c([N+](=O)[O-])c1. The molecule has 0 saturated carbocycles. The monoisotopic (exact) mass is 573 g/mol. The molecule has 196 valence electrons. The van der Waals surface area contributed by atoms with Crippen LogP contribution in [0.5, 0.6) is 0 Å². The molecular weight excluding hydrogens is 553 g/mol. The molecule has 0 radical (unpaired) electrons. The molecule has 1 aliphatic rings. The van der Waals surface area contributed by atoms with E-state index in [0.717, 1.165) is 0 Å². The van der Waals surface area contributed by atoms with Gasteiger partial charge in [-0.2, -0.15) is 0 Å². The van der Waals surface area contributed by atoms with E-state index in [-0.39, 0.29) is 26.9 Å². The van der Waals surface area contributed by atoms with E-state index in [1.165, 1.54) is 24.3 Å². The van der Waals surface area contributed by atoms with Gasteiger partial charge in [-0.05, 0) is 60.7 Å². The Morgan fingerprint density at radius 2 is 1.66 bits per heavy atom. The van der Waals surface area contributed by atoms with Gasteiger partial charge < -0.3 is 20.3 Å². The van der Waals surface area contributed by atoms with Gasteiger partial charge in [0.05, 0.1) is 28.7 Å². The van der Waals surface area contributed by atoms with E-state index in [0.29, 0.717) is 48.4 Å². The molecule has 4 rings (SSSR count). The number of ether oxygens (including phenoxy) is 1. The number of nitro benzene ring substituents is 1. The minimum absolute atomic E-state index is 0.0286. The second-order valence-corrected chi connectivity index (χ2v) is 9.38. The van der Waals surface area contributed by atoms with Gasteiger partial charge in [0.15, 0.2) is 5.11 Å². The molecule has 3 aromatic rings. The average Bonchev–Trinajstić information content (AvgIpc) is 2.88. The first-order valence-electron chi connectivity index (χ1n) is 11.3. The maximum atomic E-state index is 12.8. The van der Waals surface area contributed by atoms with Gasteiger partial charge >= 0.3 is 0 Å². The number of nitrogens with one attached hydrogen (secondary N) is 3. The lowest BCUT2D eigenvalue weighted by Crippen LogP contribution is -2.37. The Kier molecular flexibility index (Phi) is 8.74. The zero-order chi connectivity index (χ0) is 27.2. The summed E-state index contributed by atoms with van der Waals surface area (Å²) in [6, 6.07) is 15.5. The fraction of sp³-hybridized carbons (Fsp3) is 0.160. The van der Waals surface area contributed by atoms with E-state index >= 15 is 0 Å². The van der Waals surface area contributed by atoms with Gasteiger partial charge in [0.1, 0.15) is 5.69 Å². The van der Waals surface area contributed by atoms with Crippen molar-refractivity contribution in [2.24, 2.45) is 0 Å². The maximum Gasteiger partial charge on any atom is 0.293 e. The van der Waals surface area contributed by atoms with Crippen molar-refractivity contribution in [3.63, 3.8) is 0 Å². The Morgan fingerprint density at radius 1 is 0.947 bits per heavy atom. The number of hydrogen-bond donors (Lipinski definition) is 3. The van der Waals surface area contributed by atoms with Gasteiger partial charge in [0.25, 0.3) is 17.5 Å². The number of thiocarbonyl (C=S) groups is 1. The van der Waals surface area contributed by atoms with Crippen molar-refractivity contribution < 1.29 is 19.2 Å². The number of halogens is 2. The van der Waals surface area contributed by atoms with Crippen LogP contribution >= 0.6 is 35.4 Å². The molecule has 10 nitrogen and oxygen atoms in total. The van der Waals surface area contributed by atoms with Gasteiger partial charge in [-0.15, -0.1) is 0 Å². The Morgan fingerprint density at radius 3 is 2.34 bits per heavy atom. The molecule has 0 spiro atoms. The zero-order valence-electron chi connectivity index (χ0n) is 19.7. The van der Waals surface area contributed by atoms with Gasteiger partial charge in [-0.3, -0.25) is 25.0 Å². The number of rotatable bonds is 6. The topological polar surface area (TPSA) is 126 Å². The lowest BCUT2D eigenvalue weighted by molar-refractivity contribution is -0.384. The summed E-state index contributed by atoms with van der Waals surface area (Å²) in [6.07, 6.45) is 0. The molecule has 13 heteroatoms. The quantitative estimate of drug-likeness (QED) is 0.211. The molecule has 0 aliphatic carbocycles. The molecule has 1 fully saturated rings. The molecule has 1 aliphatic heterocycles. The van der Waals surface area contributed by atoms with Crippen LogP contribution in [0.15, 0.2) is 60.7 Å². The molecule has 38 heavy (non-hydrogen) atoms. The first-order valence-corrected chi connectivity index (χ1v) is 12.5.